The summed E-state index contributed by atoms with van der Waals surface area (Å²) in [5.74, 6) is 2.49. The summed E-state index contributed by atoms with van der Waals surface area (Å²) in [6.07, 6.45) is 1.06. The molecule has 0 aliphatic carbocycles. The van der Waals surface area contributed by atoms with Gasteiger partial charge in [-0.05, 0) is 54.9 Å². The van der Waals surface area contributed by atoms with Crippen LogP contribution in [0.4, 0.5) is 0 Å². The number of hydrogen-bond acceptors (Lipinski definition) is 3. The van der Waals surface area contributed by atoms with Gasteiger partial charge in [0.25, 0.3) is 0 Å². The van der Waals surface area contributed by atoms with Gasteiger partial charge in [-0.25, -0.2) is 0 Å². The minimum Gasteiger partial charge on any atom is -0.497 e. The Hall–Kier alpha value is -2.00. The maximum absolute atomic E-state index is 5.91. The van der Waals surface area contributed by atoms with E-state index in [1.165, 1.54) is 5.56 Å². The number of ether oxygens (including phenoxy) is 2. The van der Waals surface area contributed by atoms with Crippen molar-refractivity contribution in [2.24, 2.45) is 0 Å². The van der Waals surface area contributed by atoms with Crippen LogP contribution in [0.5, 0.6) is 17.2 Å². The molecule has 1 N–H and O–H groups in total. The first-order chi connectivity index (χ1) is 10.3. The second kappa shape index (κ2) is 7.70. The molecule has 0 bridgehead atoms. The number of rotatable bonds is 7. The summed E-state index contributed by atoms with van der Waals surface area (Å²) in [5, 5.41) is 3.48. The Balaban J connectivity index is 2.12. The average Bonchev–Trinajstić information content (AvgIpc) is 2.53. The van der Waals surface area contributed by atoms with E-state index in [4.69, 9.17) is 9.47 Å². The molecule has 1 atom stereocenters. The van der Waals surface area contributed by atoms with E-state index in [0.29, 0.717) is 6.04 Å². The summed E-state index contributed by atoms with van der Waals surface area (Å²) < 4.78 is 11.1. The number of benzene rings is 2. The monoisotopic (exact) mass is 285 g/mol. The summed E-state index contributed by atoms with van der Waals surface area (Å²) in [6, 6.07) is 16.2. The highest BCUT2D eigenvalue weighted by Crippen LogP contribution is 2.27. The van der Waals surface area contributed by atoms with Crippen LogP contribution in [0.25, 0.3) is 0 Å². The molecule has 0 saturated carbocycles. The van der Waals surface area contributed by atoms with Gasteiger partial charge in [0.05, 0.1) is 7.11 Å². The van der Waals surface area contributed by atoms with E-state index >= 15 is 0 Å². The normalized spacial score (nSPS) is 12.0. The standard InChI is InChI=1S/C18H23NO2/c1-4-18(19-5-2)14-7-6-8-17(13-14)21-16-11-9-15(20-3)10-12-16/h6-13,18-19H,4-5H2,1-3H3. The van der Waals surface area contributed by atoms with Gasteiger partial charge in [0, 0.05) is 6.04 Å². The second-order valence-electron chi connectivity index (χ2n) is 4.87. The van der Waals surface area contributed by atoms with Crippen LogP contribution < -0.4 is 14.8 Å². The lowest BCUT2D eigenvalue weighted by atomic mass is 10.0. The van der Waals surface area contributed by atoms with Crippen molar-refractivity contribution in [1.82, 2.24) is 5.32 Å². The molecule has 3 heteroatoms. The first kappa shape index (κ1) is 15.4. The number of methoxy groups -OCH3 is 1. The van der Waals surface area contributed by atoms with E-state index in [0.717, 1.165) is 30.2 Å². The molecule has 21 heavy (non-hydrogen) atoms. The Bertz CT molecular complexity index is 551. The maximum Gasteiger partial charge on any atom is 0.127 e. The van der Waals surface area contributed by atoms with Gasteiger partial charge in [0.1, 0.15) is 17.2 Å². The molecular weight excluding hydrogens is 262 g/mol. The zero-order valence-electron chi connectivity index (χ0n) is 12.9. The Morgan fingerprint density at radius 1 is 0.952 bits per heavy atom. The highest BCUT2D eigenvalue weighted by molar-refractivity contribution is 5.37. The van der Waals surface area contributed by atoms with Gasteiger partial charge in [-0.3, -0.25) is 0 Å². The zero-order chi connectivity index (χ0) is 15.1. The van der Waals surface area contributed by atoms with Crippen LogP contribution in [-0.4, -0.2) is 13.7 Å². The summed E-state index contributed by atoms with van der Waals surface area (Å²) >= 11 is 0. The second-order valence-corrected chi connectivity index (χ2v) is 4.87. The van der Waals surface area contributed by atoms with E-state index in [1.807, 2.05) is 36.4 Å². The van der Waals surface area contributed by atoms with Crippen molar-refractivity contribution < 1.29 is 9.47 Å². The van der Waals surface area contributed by atoms with E-state index in [9.17, 15) is 0 Å². The molecule has 3 nitrogen and oxygen atoms in total. The molecular formula is C18H23NO2. The molecule has 0 heterocycles. The average molecular weight is 285 g/mol. The van der Waals surface area contributed by atoms with Crippen LogP contribution in [0.3, 0.4) is 0 Å². The SMILES string of the molecule is CCNC(CC)c1cccc(Oc2ccc(OC)cc2)c1. The quantitative estimate of drug-likeness (QED) is 0.809. The minimum absolute atomic E-state index is 0.370. The molecule has 0 saturated heterocycles. The molecule has 0 aliphatic heterocycles. The van der Waals surface area contributed by atoms with Gasteiger partial charge < -0.3 is 14.8 Å². The summed E-state index contributed by atoms with van der Waals surface area (Å²) in [7, 11) is 1.66. The first-order valence-corrected chi connectivity index (χ1v) is 7.42. The molecule has 2 aromatic rings. The molecule has 0 fully saturated rings. The molecule has 0 spiro atoms. The molecule has 0 radical (unpaired) electrons. The molecule has 0 amide bonds. The van der Waals surface area contributed by atoms with E-state index in [1.54, 1.807) is 7.11 Å². The lowest BCUT2D eigenvalue weighted by Gasteiger charge is -2.17. The lowest BCUT2D eigenvalue weighted by Crippen LogP contribution is -2.19. The van der Waals surface area contributed by atoms with Crippen LogP contribution in [-0.2, 0) is 0 Å². The topological polar surface area (TPSA) is 30.5 Å². The Kier molecular flexibility index (Phi) is 5.64. The van der Waals surface area contributed by atoms with Crippen LogP contribution in [0, 0.1) is 0 Å². The highest BCUT2D eigenvalue weighted by Gasteiger charge is 2.08. The Morgan fingerprint density at radius 3 is 2.29 bits per heavy atom. The molecule has 0 aromatic heterocycles. The third kappa shape index (κ3) is 4.23. The van der Waals surface area contributed by atoms with Gasteiger partial charge in [-0.1, -0.05) is 26.0 Å². The third-order valence-corrected chi connectivity index (χ3v) is 3.41. The third-order valence-electron chi connectivity index (χ3n) is 3.41. The molecule has 0 aliphatic rings. The predicted octanol–water partition coefficient (Wildman–Crippen LogP) is 4.55. The molecule has 112 valence electrons. The molecule has 1 unspecified atom stereocenters. The predicted molar refractivity (Wildman–Crippen MR) is 86.2 cm³/mol. The fourth-order valence-corrected chi connectivity index (χ4v) is 2.32. The van der Waals surface area contributed by atoms with Crippen LogP contribution >= 0.6 is 0 Å². The van der Waals surface area contributed by atoms with E-state index < -0.39 is 0 Å². The minimum atomic E-state index is 0.370. The highest BCUT2D eigenvalue weighted by atomic mass is 16.5. The largest absolute Gasteiger partial charge is 0.497 e. The molecule has 2 rings (SSSR count). The Labute approximate surface area is 126 Å². The van der Waals surface area contributed by atoms with E-state index in [-0.39, 0.29) is 0 Å². The van der Waals surface area contributed by atoms with Crippen LogP contribution in [0.2, 0.25) is 0 Å². The zero-order valence-corrected chi connectivity index (χ0v) is 12.9. The van der Waals surface area contributed by atoms with Crippen molar-refractivity contribution in [1.29, 1.82) is 0 Å². The first-order valence-electron chi connectivity index (χ1n) is 7.42. The summed E-state index contributed by atoms with van der Waals surface area (Å²) in [5.41, 5.74) is 1.25. The summed E-state index contributed by atoms with van der Waals surface area (Å²) in [6.45, 7) is 5.27. The van der Waals surface area contributed by atoms with Crippen molar-refractivity contribution in [2.75, 3.05) is 13.7 Å². The van der Waals surface area contributed by atoms with Crippen LogP contribution in [0.1, 0.15) is 31.9 Å². The van der Waals surface area contributed by atoms with Gasteiger partial charge in [0.15, 0.2) is 0 Å². The van der Waals surface area contributed by atoms with E-state index in [2.05, 4.69) is 31.3 Å². The number of nitrogens with one attached hydrogen (secondary N) is 1. The molecule has 2 aromatic carbocycles. The van der Waals surface area contributed by atoms with Gasteiger partial charge in [0.2, 0.25) is 0 Å². The maximum atomic E-state index is 5.91. The van der Waals surface area contributed by atoms with Crippen molar-refractivity contribution >= 4 is 0 Å². The fraction of sp³-hybridized carbons (Fsp3) is 0.333. The lowest BCUT2D eigenvalue weighted by molar-refractivity contribution is 0.412. The summed E-state index contributed by atoms with van der Waals surface area (Å²) in [4.78, 5) is 0. The van der Waals surface area contributed by atoms with Crippen molar-refractivity contribution in [3.05, 3.63) is 54.1 Å². The number of hydrogen-bond donors (Lipinski definition) is 1. The van der Waals surface area contributed by atoms with Crippen molar-refractivity contribution in [2.45, 2.75) is 26.3 Å². The Morgan fingerprint density at radius 2 is 1.67 bits per heavy atom. The van der Waals surface area contributed by atoms with Gasteiger partial charge in [-0.2, -0.15) is 0 Å². The van der Waals surface area contributed by atoms with Gasteiger partial charge >= 0.3 is 0 Å². The smallest absolute Gasteiger partial charge is 0.127 e. The van der Waals surface area contributed by atoms with Crippen molar-refractivity contribution in [3.63, 3.8) is 0 Å². The van der Waals surface area contributed by atoms with Crippen molar-refractivity contribution in [3.8, 4) is 17.2 Å². The van der Waals surface area contributed by atoms with Gasteiger partial charge in [-0.15, -0.1) is 0 Å². The fourth-order valence-electron chi connectivity index (χ4n) is 2.32. The van der Waals surface area contributed by atoms with Crippen LogP contribution in [0.15, 0.2) is 48.5 Å².